The van der Waals surface area contributed by atoms with Gasteiger partial charge in [0.25, 0.3) is 0 Å². The molecule has 1 amide bonds. The van der Waals surface area contributed by atoms with Crippen LogP contribution >= 0.6 is 0 Å². The molecule has 9 heteroatoms. The second kappa shape index (κ2) is 11.9. The summed E-state index contributed by atoms with van der Waals surface area (Å²) in [5, 5.41) is 14.2. The molecule has 4 rings (SSSR count). The van der Waals surface area contributed by atoms with Crippen molar-refractivity contribution in [2.24, 2.45) is 17.3 Å². The van der Waals surface area contributed by atoms with Crippen LogP contribution < -0.4 is 10.1 Å². The van der Waals surface area contributed by atoms with Crippen molar-refractivity contribution in [3.63, 3.8) is 0 Å². The maximum atomic E-state index is 14.5. The zero-order valence-electron chi connectivity index (χ0n) is 25.8. The van der Waals surface area contributed by atoms with Crippen LogP contribution in [-0.4, -0.2) is 52.0 Å². The summed E-state index contributed by atoms with van der Waals surface area (Å²) in [6.07, 6.45) is -0.260. The van der Waals surface area contributed by atoms with E-state index in [1.54, 1.807) is 7.11 Å². The minimum absolute atomic E-state index is 0.175. The fourth-order valence-corrected chi connectivity index (χ4v) is 6.75. The molecule has 0 unspecified atom stereocenters. The first-order valence-electron chi connectivity index (χ1n) is 14.8. The molecule has 1 aliphatic heterocycles. The Balaban J connectivity index is 1.79. The van der Waals surface area contributed by atoms with Gasteiger partial charge in [-0.15, -0.1) is 0 Å². The fraction of sp³-hybridized carbons (Fsp3) is 0.606. The second-order valence-electron chi connectivity index (χ2n) is 13.9. The smallest absolute Gasteiger partial charge is 0.326 e. The summed E-state index contributed by atoms with van der Waals surface area (Å²) < 4.78 is 34.6. The minimum Gasteiger partial charge on any atom is -0.481 e. The number of methoxy groups -OCH3 is 1. The number of carbonyl (C=O) groups excluding carboxylic acids is 1. The van der Waals surface area contributed by atoms with Gasteiger partial charge in [0.1, 0.15) is 6.04 Å². The summed E-state index contributed by atoms with van der Waals surface area (Å²) in [4.78, 5) is 33.3. The van der Waals surface area contributed by atoms with E-state index in [0.717, 1.165) is 16.8 Å². The van der Waals surface area contributed by atoms with Gasteiger partial charge in [0.2, 0.25) is 17.7 Å². The van der Waals surface area contributed by atoms with Crippen LogP contribution in [0.3, 0.4) is 0 Å². The number of nitrogens with zero attached hydrogens (tertiary/aromatic N) is 2. The van der Waals surface area contributed by atoms with Crippen molar-refractivity contribution in [3.05, 3.63) is 59.3 Å². The molecule has 2 aromatic rings. The van der Waals surface area contributed by atoms with E-state index in [4.69, 9.17) is 9.72 Å². The predicted octanol–water partition coefficient (Wildman–Crippen LogP) is 6.37. The molecule has 2 fully saturated rings. The Morgan fingerprint density at radius 3 is 2.31 bits per heavy atom. The van der Waals surface area contributed by atoms with Crippen molar-refractivity contribution in [2.75, 3.05) is 7.11 Å². The number of halogens is 2. The molecule has 1 aromatic carbocycles. The standard InChI is InChI=1S/C33H45F2N3O4/c1-31(2,3)23-16-15-22(28(37-23)42-7)19-36-25-24(32(4,5)6)27(30(40)41)38(26(25)20-12-9-8-10-13-20)29(39)21-14-11-17-33(34,35)18-21/h8-10,12-13,15-16,21,24-27,36H,11,14,17-19H2,1-7H3,(H,40,41)/t21-,24+,25+,26+,27+/m1/s1. The number of aliphatic carboxylic acids is 1. The lowest BCUT2D eigenvalue weighted by Gasteiger charge is -2.37. The van der Waals surface area contributed by atoms with Crippen LogP contribution in [0.25, 0.3) is 0 Å². The third-order valence-electron chi connectivity index (χ3n) is 8.73. The Bertz CT molecular complexity index is 1270. The minimum atomic E-state index is -2.94. The van der Waals surface area contributed by atoms with Gasteiger partial charge >= 0.3 is 5.97 Å². The number of amides is 1. The average molecular weight is 586 g/mol. The van der Waals surface area contributed by atoms with Crippen LogP contribution in [0.2, 0.25) is 0 Å². The molecule has 42 heavy (non-hydrogen) atoms. The molecular weight excluding hydrogens is 540 g/mol. The summed E-state index contributed by atoms with van der Waals surface area (Å²) >= 11 is 0. The summed E-state index contributed by atoms with van der Waals surface area (Å²) in [7, 11) is 1.57. The highest BCUT2D eigenvalue weighted by molar-refractivity contribution is 5.87. The van der Waals surface area contributed by atoms with Gasteiger partial charge in [-0.05, 0) is 29.9 Å². The molecule has 5 atom stereocenters. The molecule has 230 valence electrons. The Morgan fingerprint density at radius 1 is 1.10 bits per heavy atom. The van der Waals surface area contributed by atoms with Crippen molar-refractivity contribution >= 4 is 11.9 Å². The Labute approximate surface area is 248 Å². The van der Waals surface area contributed by atoms with Gasteiger partial charge in [-0.3, -0.25) is 4.79 Å². The first-order valence-corrected chi connectivity index (χ1v) is 14.8. The van der Waals surface area contributed by atoms with E-state index in [9.17, 15) is 23.5 Å². The first kappa shape index (κ1) is 31.9. The van der Waals surface area contributed by atoms with Crippen molar-refractivity contribution in [2.45, 2.75) is 103 Å². The van der Waals surface area contributed by atoms with E-state index in [2.05, 4.69) is 26.1 Å². The SMILES string of the molecule is COc1nc(C(C)(C)C)ccc1CN[C@H]1[C@H](C(C)(C)C)[C@@H](C(=O)O)N(C(=O)[C@@H]2CCCC(F)(F)C2)[C@H]1c1ccccc1. The number of rotatable bonds is 7. The van der Waals surface area contributed by atoms with Gasteiger partial charge in [-0.25, -0.2) is 18.6 Å². The summed E-state index contributed by atoms with van der Waals surface area (Å²) in [5.74, 6) is -5.57. The molecule has 0 spiro atoms. The highest BCUT2D eigenvalue weighted by atomic mass is 19.3. The number of nitrogens with one attached hydrogen (secondary N) is 1. The number of alkyl halides is 2. The molecule has 1 saturated carbocycles. The normalized spacial score (nSPS) is 26.2. The molecule has 7 nitrogen and oxygen atoms in total. The number of hydrogen-bond donors (Lipinski definition) is 2. The molecule has 2 N–H and O–H groups in total. The molecule has 2 heterocycles. The molecule has 1 aliphatic carbocycles. The Kier molecular flexibility index (Phi) is 9.03. The van der Waals surface area contributed by atoms with E-state index < -0.39 is 59.6 Å². The lowest BCUT2D eigenvalue weighted by atomic mass is 9.72. The van der Waals surface area contributed by atoms with Gasteiger partial charge < -0.3 is 20.1 Å². The number of carbonyl (C=O) groups is 2. The largest absolute Gasteiger partial charge is 0.481 e. The number of carboxylic acids is 1. The number of carboxylic acid groups (broad SMARTS) is 1. The number of likely N-dealkylation sites (tertiary alicyclic amines) is 1. The lowest BCUT2D eigenvalue weighted by Crippen LogP contribution is -2.50. The van der Waals surface area contributed by atoms with Crippen molar-refractivity contribution in [3.8, 4) is 5.88 Å². The van der Waals surface area contributed by atoms with Crippen LogP contribution in [0.1, 0.15) is 90.1 Å². The topological polar surface area (TPSA) is 91.8 Å². The molecule has 2 aliphatic rings. The van der Waals surface area contributed by atoms with Crippen LogP contribution in [-0.2, 0) is 21.5 Å². The molecule has 0 radical (unpaired) electrons. The molecule has 1 saturated heterocycles. The maximum absolute atomic E-state index is 14.5. The van der Waals surface area contributed by atoms with Gasteiger partial charge in [0.15, 0.2) is 0 Å². The third kappa shape index (κ3) is 6.61. The molecule has 1 aromatic heterocycles. The number of hydrogen-bond acceptors (Lipinski definition) is 5. The molecule has 0 bridgehead atoms. The average Bonchev–Trinajstić information content (AvgIpc) is 3.26. The number of benzene rings is 1. The quantitative estimate of drug-likeness (QED) is 0.392. The van der Waals surface area contributed by atoms with E-state index in [-0.39, 0.29) is 18.3 Å². The van der Waals surface area contributed by atoms with Crippen LogP contribution in [0.15, 0.2) is 42.5 Å². The zero-order chi connectivity index (χ0) is 31.0. The fourth-order valence-electron chi connectivity index (χ4n) is 6.75. The number of aromatic nitrogens is 1. The van der Waals surface area contributed by atoms with Crippen LogP contribution in [0, 0.1) is 17.3 Å². The predicted molar refractivity (Wildman–Crippen MR) is 157 cm³/mol. The van der Waals surface area contributed by atoms with Crippen molar-refractivity contribution in [1.82, 2.24) is 15.2 Å². The zero-order valence-corrected chi connectivity index (χ0v) is 25.8. The highest BCUT2D eigenvalue weighted by Crippen LogP contribution is 2.50. The Hall–Kier alpha value is -3.07. The monoisotopic (exact) mass is 585 g/mol. The maximum Gasteiger partial charge on any atom is 0.326 e. The summed E-state index contributed by atoms with van der Waals surface area (Å²) in [5.41, 5.74) is 1.72. The van der Waals surface area contributed by atoms with Crippen molar-refractivity contribution in [1.29, 1.82) is 0 Å². The first-order chi connectivity index (χ1) is 19.5. The summed E-state index contributed by atoms with van der Waals surface area (Å²) in [6, 6.07) is 10.9. The molecular formula is C33H45F2N3O4. The van der Waals surface area contributed by atoms with Crippen molar-refractivity contribution < 1.29 is 28.2 Å². The lowest BCUT2D eigenvalue weighted by molar-refractivity contribution is -0.157. The Morgan fingerprint density at radius 2 is 1.76 bits per heavy atom. The third-order valence-corrected chi connectivity index (χ3v) is 8.73. The highest BCUT2D eigenvalue weighted by Gasteiger charge is 2.59. The van der Waals surface area contributed by atoms with Crippen LogP contribution in [0.5, 0.6) is 5.88 Å². The summed E-state index contributed by atoms with van der Waals surface area (Å²) in [6.45, 7) is 12.4. The van der Waals surface area contributed by atoms with Gasteiger partial charge in [-0.1, -0.05) is 77.9 Å². The van der Waals surface area contributed by atoms with Crippen LogP contribution in [0.4, 0.5) is 8.78 Å². The second-order valence-corrected chi connectivity index (χ2v) is 13.9. The number of ether oxygens (including phenoxy) is 1. The number of pyridine rings is 1. The van der Waals surface area contributed by atoms with E-state index >= 15 is 0 Å². The van der Waals surface area contributed by atoms with Gasteiger partial charge in [0, 0.05) is 53.9 Å². The van der Waals surface area contributed by atoms with E-state index in [1.165, 1.54) is 4.90 Å². The van der Waals surface area contributed by atoms with E-state index in [1.807, 2.05) is 63.2 Å². The van der Waals surface area contributed by atoms with Gasteiger partial charge in [0.05, 0.1) is 13.2 Å². The van der Waals surface area contributed by atoms with E-state index in [0.29, 0.717) is 18.8 Å². The van der Waals surface area contributed by atoms with Gasteiger partial charge in [-0.2, -0.15) is 0 Å².